The van der Waals surface area contributed by atoms with Crippen molar-refractivity contribution in [3.63, 3.8) is 0 Å². The molecule has 0 aliphatic rings. The monoisotopic (exact) mass is 285 g/mol. The van der Waals surface area contributed by atoms with Crippen LogP contribution in [-0.2, 0) is 0 Å². The van der Waals surface area contributed by atoms with Crippen molar-refractivity contribution < 1.29 is 4.79 Å². The molecule has 1 amide bonds. The van der Waals surface area contributed by atoms with E-state index in [0.29, 0.717) is 6.54 Å². The van der Waals surface area contributed by atoms with Crippen molar-refractivity contribution in [2.75, 3.05) is 30.8 Å². The standard InChI is InChI=1S/C15H19N5O/c1-20(12-6-3-2-4-7-12)11-5-8-19-15(21)13-14(16)18-10-9-17-13/h2-4,6-7,9-10H,5,8,11H2,1H3,(H2,16,18)(H,19,21). The summed E-state index contributed by atoms with van der Waals surface area (Å²) in [5, 5.41) is 2.80. The maximum absolute atomic E-state index is 11.9. The molecule has 0 bridgehead atoms. The lowest BCUT2D eigenvalue weighted by atomic mass is 10.3. The first-order chi connectivity index (χ1) is 10.2. The summed E-state index contributed by atoms with van der Waals surface area (Å²) in [7, 11) is 2.03. The van der Waals surface area contributed by atoms with Crippen LogP contribution in [0.5, 0.6) is 0 Å². The van der Waals surface area contributed by atoms with Crippen LogP contribution in [0, 0.1) is 0 Å². The summed E-state index contributed by atoms with van der Waals surface area (Å²) in [4.78, 5) is 21.8. The lowest BCUT2D eigenvalue weighted by molar-refractivity contribution is 0.0949. The Morgan fingerprint density at radius 2 is 1.95 bits per heavy atom. The topological polar surface area (TPSA) is 84.1 Å². The predicted octanol–water partition coefficient (Wildman–Crippen LogP) is 1.32. The van der Waals surface area contributed by atoms with Crippen molar-refractivity contribution in [3.05, 3.63) is 48.4 Å². The zero-order chi connectivity index (χ0) is 15.1. The average molecular weight is 285 g/mol. The second-order valence-electron chi connectivity index (χ2n) is 4.66. The number of para-hydroxylation sites is 1. The Labute approximate surface area is 124 Å². The summed E-state index contributed by atoms with van der Waals surface area (Å²) in [5.41, 5.74) is 6.94. The number of hydrogen-bond donors (Lipinski definition) is 2. The van der Waals surface area contributed by atoms with Crippen LogP contribution in [0.2, 0.25) is 0 Å². The van der Waals surface area contributed by atoms with Crippen LogP contribution >= 0.6 is 0 Å². The number of anilines is 2. The molecule has 1 aromatic carbocycles. The van der Waals surface area contributed by atoms with Gasteiger partial charge in [-0.05, 0) is 18.6 Å². The number of aromatic nitrogens is 2. The third-order valence-corrected chi connectivity index (χ3v) is 3.09. The lowest BCUT2D eigenvalue weighted by Gasteiger charge is -2.19. The number of amides is 1. The maximum Gasteiger partial charge on any atom is 0.273 e. The van der Waals surface area contributed by atoms with Gasteiger partial charge in [0.2, 0.25) is 0 Å². The number of nitrogen functional groups attached to an aromatic ring is 1. The largest absolute Gasteiger partial charge is 0.382 e. The first-order valence-corrected chi connectivity index (χ1v) is 6.79. The van der Waals surface area contributed by atoms with Gasteiger partial charge in [0.25, 0.3) is 5.91 Å². The number of nitrogens with one attached hydrogen (secondary N) is 1. The number of benzene rings is 1. The Bertz CT molecular complexity index is 588. The summed E-state index contributed by atoms with van der Waals surface area (Å²) in [5.74, 6) is -0.139. The Kier molecular flexibility index (Phi) is 5.09. The molecule has 2 rings (SSSR count). The SMILES string of the molecule is CN(CCCNC(=O)c1nccnc1N)c1ccccc1. The van der Waals surface area contributed by atoms with Crippen molar-refractivity contribution in [2.24, 2.45) is 0 Å². The van der Waals surface area contributed by atoms with E-state index in [-0.39, 0.29) is 17.4 Å². The van der Waals surface area contributed by atoms with Gasteiger partial charge < -0.3 is 16.0 Å². The molecule has 0 saturated carbocycles. The molecule has 21 heavy (non-hydrogen) atoms. The fourth-order valence-electron chi connectivity index (χ4n) is 1.94. The lowest BCUT2D eigenvalue weighted by Crippen LogP contribution is -2.29. The molecular formula is C15H19N5O. The zero-order valence-electron chi connectivity index (χ0n) is 12.0. The Balaban J connectivity index is 1.75. The molecule has 0 saturated heterocycles. The summed E-state index contributed by atoms with van der Waals surface area (Å²) < 4.78 is 0. The van der Waals surface area contributed by atoms with Gasteiger partial charge in [0.1, 0.15) is 0 Å². The van der Waals surface area contributed by atoms with Crippen LogP contribution in [0.4, 0.5) is 11.5 Å². The number of nitrogens with two attached hydrogens (primary N) is 1. The molecule has 0 radical (unpaired) electrons. The van der Waals surface area contributed by atoms with E-state index in [9.17, 15) is 4.79 Å². The highest BCUT2D eigenvalue weighted by Crippen LogP contribution is 2.10. The second-order valence-corrected chi connectivity index (χ2v) is 4.66. The summed E-state index contributed by atoms with van der Waals surface area (Å²) >= 11 is 0. The Morgan fingerprint density at radius 3 is 2.67 bits per heavy atom. The molecule has 0 spiro atoms. The van der Waals surface area contributed by atoms with Gasteiger partial charge in [-0.3, -0.25) is 4.79 Å². The van der Waals surface area contributed by atoms with Crippen LogP contribution in [0.15, 0.2) is 42.7 Å². The normalized spacial score (nSPS) is 10.1. The van der Waals surface area contributed by atoms with Gasteiger partial charge in [0.05, 0.1) is 0 Å². The molecule has 1 aromatic heterocycles. The van der Waals surface area contributed by atoms with Crippen molar-refractivity contribution in [1.82, 2.24) is 15.3 Å². The van der Waals surface area contributed by atoms with E-state index in [1.54, 1.807) is 0 Å². The predicted molar refractivity (Wildman–Crippen MR) is 83.1 cm³/mol. The first kappa shape index (κ1) is 14.8. The van der Waals surface area contributed by atoms with E-state index in [4.69, 9.17) is 5.73 Å². The summed E-state index contributed by atoms with van der Waals surface area (Å²) in [6, 6.07) is 10.1. The average Bonchev–Trinajstić information content (AvgIpc) is 2.52. The smallest absolute Gasteiger partial charge is 0.273 e. The number of carbonyl (C=O) groups excluding carboxylic acids is 1. The molecular weight excluding hydrogens is 266 g/mol. The molecule has 0 unspecified atom stereocenters. The molecule has 6 heteroatoms. The zero-order valence-corrected chi connectivity index (χ0v) is 12.0. The molecule has 0 aliphatic heterocycles. The van der Waals surface area contributed by atoms with Gasteiger partial charge >= 0.3 is 0 Å². The fourth-order valence-corrected chi connectivity index (χ4v) is 1.94. The van der Waals surface area contributed by atoms with E-state index in [0.717, 1.165) is 18.7 Å². The van der Waals surface area contributed by atoms with Gasteiger partial charge in [-0.2, -0.15) is 0 Å². The highest BCUT2D eigenvalue weighted by atomic mass is 16.1. The van der Waals surface area contributed by atoms with Crippen LogP contribution in [0.25, 0.3) is 0 Å². The quantitative estimate of drug-likeness (QED) is 0.782. The molecule has 1 heterocycles. The summed E-state index contributed by atoms with van der Waals surface area (Å²) in [6.45, 7) is 1.41. The van der Waals surface area contributed by atoms with Gasteiger partial charge in [-0.1, -0.05) is 18.2 Å². The van der Waals surface area contributed by atoms with Crippen LogP contribution in [0.1, 0.15) is 16.9 Å². The van der Waals surface area contributed by atoms with Gasteiger partial charge in [-0.15, -0.1) is 0 Å². The van der Waals surface area contributed by atoms with E-state index >= 15 is 0 Å². The minimum Gasteiger partial charge on any atom is -0.382 e. The number of nitrogens with zero attached hydrogens (tertiary/aromatic N) is 3. The van der Waals surface area contributed by atoms with E-state index < -0.39 is 0 Å². The Hall–Kier alpha value is -2.63. The maximum atomic E-state index is 11.9. The van der Waals surface area contributed by atoms with E-state index in [1.807, 2.05) is 25.2 Å². The first-order valence-electron chi connectivity index (χ1n) is 6.79. The van der Waals surface area contributed by atoms with Crippen molar-refractivity contribution in [2.45, 2.75) is 6.42 Å². The molecule has 0 atom stereocenters. The molecule has 110 valence electrons. The second kappa shape index (κ2) is 7.23. The van der Waals surface area contributed by atoms with Gasteiger partial charge in [0, 0.05) is 38.2 Å². The van der Waals surface area contributed by atoms with Crippen LogP contribution < -0.4 is 16.0 Å². The highest BCUT2D eigenvalue weighted by molar-refractivity contribution is 5.96. The van der Waals surface area contributed by atoms with Crippen molar-refractivity contribution in [1.29, 1.82) is 0 Å². The van der Waals surface area contributed by atoms with Gasteiger partial charge in [0.15, 0.2) is 11.5 Å². The molecule has 3 N–H and O–H groups in total. The summed E-state index contributed by atoms with van der Waals surface area (Å²) in [6.07, 6.45) is 3.74. The van der Waals surface area contributed by atoms with Gasteiger partial charge in [-0.25, -0.2) is 9.97 Å². The third kappa shape index (κ3) is 4.17. The van der Waals surface area contributed by atoms with Crippen LogP contribution in [-0.4, -0.2) is 36.0 Å². The molecule has 6 nitrogen and oxygen atoms in total. The van der Waals surface area contributed by atoms with Crippen molar-refractivity contribution in [3.8, 4) is 0 Å². The molecule has 2 aromatic rings. The fraction of sp³-hybridized carbons (Fsp3) is 0.267. The number of carbonyl (C=O) groups is 1. The van der Waals surface area contributed by atoms with E-state index in [2.05, 4.69) is 32.3 Å². The molecule has 0 aliphatic carbocycles. The number of rotatable bonds is 6. The Morgan fingerprint density at radius 1 is 1.24 bits per heavy atom. The minimum atomic E-state index is -0.289. The number of hydrogen-bond acceptors (Lipinski definition) is 5. The molecule has 0 fully saturated rings. The minimum absolute atomic E-state index is 0.149. The van der Waals surface area contributed by atoms with Crippen LogP contribution in [0.3, 0.4) is 0 Å². The highest BCUT2D eigenvalue weighted by Gasteiger charge is 2.10. The third-order valence-electron chi connectivity index (χ3n) is 3.09. The van der Waals surface area contributed by atoms with E-state index in [1.165, 1.54) is 12.4 Å². The van der Waals surface area contributed by atoms with Crippen molar-refractivity contribution >= 4 is 17.4 Å².